The summed E-state index contributed by atoms with van der Waals surface area (Å²) in [6.45, 7) is 0. The molecule has 104 valence electrons. The molecule has 21 heavy (non-hydrogen) atoms. The summed E-state index contributed by atoms with van der Waals surface area (Å²) in [7, 11) is 0. The molecule has 0 aliphatic rings. The van der Waals surface area contributed by atoms with Gasteiger partial charge >= 0.3 is 0 Å². The SMILES string of the molecule is O=C(Nc1cccc(-c2nn[nH]n2)c1)c1ccccc1Cl. The fourth-order valence-corrected chi connectivity index (χ4v) is 2.09. The summed E-state index contributed by atoms with van der Waals surface area (Å²) in [4.78, 5) is 12.2. The number of hydrogen-bond donors (Lipinski definition) is 2. The number of halogens is 1. The first-order valence-corrected chi connectivity index (χ1v) is 6.51. The topological polar surface area (TPSA) is 83.6 Å². The molecule has 2 N–H and O–H groups in total. The molecule has 3 rings (SSSR count). The van der Waals surface area contributed by atoms with Crippen molar-refractivity contribution in [1.82, 2.24) is 20.6 Å². The number of carbonyl (C=O) groups excluding carboxylic acids is 1. The number of carbonyl (C=O) groups is 1. The molecule has 1 aromatic heterocycles. The molecule has 0 radical (unpaired) electrons. The zero-order valence-corrected chi connectivity index (χ0v) is 11.5. The van der Waals surface area contributed by atoms with Gasteiger partial charge in [-0.2, -0.15) is 5.21 Å². The predicted octanol–water partition coefficient (Wildman–Crippen LogP) is 2.77. The van der Waals surface area contributed by atoms with Crippen LogP contribution in [-0.4, -0.2) is 26.5 Å². The molecular formula is C14H10ClN5O. The standard InChI is InChI=1S/C14H10ClN5O/c15-12-7-2-1-6-11(12)14(21)16-10-5-3-4-9(8-10)13-17-19-20-18-13/h1-8H,(H,16,21)(H,17,18,19,20). The predicted molar refractivity (Wildman–Crippen MR) is 79.0 cm³/mol. The van der Waals surface area contributed by atoms with Crippen molar-refractivity contribution in [3.8, 4) is 11.4 Å². The molecule has 3 aromatic rings. The third kappa shape index (κ3) is 2.90. The van der Waals surface area contributed by atoms with Crippen LogP contribution in [0.1, 0.15) is 10.4 Å². The van der Waals surface area contributed by atoms with Gasteiger partial charge in [0.1, 0.15) is 0 Å². The second-order valence-corrected chi connectivity index (χ2v) is 4.66. The molecule has 0 unspecified atom stereocenters. The van der Waals surface area contributed by atoms with E-state index in [0.29, 0.717) is 22.1 Å². The maximum absolute atomic E-state index is 12.2. The number of nitrogens with zero attached hydrogens (tertiary/aromatic N) is 3. The van der Waals surface area contributed by atoms with Crippen LogP contribution in [0.5, 0.6) is 0 Å². The van der Waals surface area contributed by atoms with Crippen molar-refractivity contribution in [2.45, 2.75) is 0 Å². The molecule has 0 aliphatic heterocycles. The number of nitrogens with one attached hydrogen (secondary N) is 2. The zero-order valence-electron chi connectivity index (χ0n) is 10.7. The average molecular weight is 300 g/mol. The van der Waals surface area contributed by atoms with Gasteiger partial charge in [0.2, 0.25) is 5.82 Å². The number of anilines is 1. The maximum atomic E-state index is 12.2. The lowest BCUT2D eigenvalue weighted by Gasteiger charge is -2.07. The number of rotatable bonds is 3. The summed E-state index contributed by atoms with van der Waals surface area (Å²) < 4.78 is 0. The molecule has 0 spiro atoms. The largest absolute Gasteiger partial charge is 0.322 e. The number of aromatic amines is 1. The fourth-order valence-electron chi connectivity index (χ4n) is 1.86. The summed E-state index contributed by atoms with van der Waals surface area (Å²) in [6.07, 6.45) is 0. The first kappa shape index (κ1) is 13.3. The van der Waals surface area contributed by atoms with Crippen LogP contribution in [-0.2, 0) is 0 Å². The summed E-state index contributed by atoms with van der Waals surface area (Å²) in [5.74, 6) is 0.190. The summed E-state index contributed by atoms with van der Waals surface area (Å²) in [5.41, 5.74) is 1.80. The Bertz CT molecular complexity index is 773. The lowest BCUT2D eigenvalue weighted by atomic mass is 10.1. The maximum Gasteiger partial charge on any atom is 0.257 e. The minimum absolute atomic E-state index is 0.272. The number of tetrazole rings is 1. The van der Waals surface area contributed by atoms with Crippen LogP contribution in [0, 0.1) is 0 Å². The van der Waals surface area contributed by atoms with E-state index in [1.807, 2.05) is 6.07 Å². The Hall–Kier alpha value is -2.73. The minimum atomic E-state index is -0.272. The van der Waals surface area contributed by atoms with Crippen LogP contribution >= 0.6 is 11.6 Å². The van der Waals surface area contributed by atoms with Crippen LogP contribution in [0.3, 0.4) is 0 Å². The quantitative estimate of drug-likeness (QED) is 0.779. The van der Waals surface area contributed by atoms with E-state index < -0.39 is 0 Å². The molecule has 0 bridgehead atoms. The Morgan fingerprint density at radius 2 is 2.00 bits per heavy atom. The van der Waals surface area contributed by atoms with Crippen LogP contribution in [0.2, 0.25) is 5.02 Å². The van der Waals surface area contributed by atoms with Gasteiger partial charge in [0.05, 0.1) is 10.6 Å². The van der Waals surface area contributed by atoms with Gasteiger partial charge in [-0.25, -0.2) is 0 Å². The number of aromatic nitrogens is 4. The van der Waals surface area contributed by atoms with Gasteiger partial charge in [-0.3, -0.25) is 4.79 Å². The van der Waals surface area contributed by atoms with Crippen LogP contribution in [0.25, 0.3) is 11.4 Å². The third-order valence-electron chi connectivity index (χ3n) is 2.84. The van der Waals surface area contributed by atoms with Crippen molar-refractivity contribution in [2.24, 2.45) is 0 Å². The van der Waals surface area contributed by atoms with Gasteiger partial charge in [-0.1, -0.05) is 35.9 Å². The van der Waals surface area contributed by atoms with Gasteiger partial charge in [0.15, 0.2) is 0 Å². The smallest absolute Gasteiger partial charge is 0.257 e. The molecule has 0 atom stereocenters. The number of hydrogen-bond acceptors (Lipinski definition) is 4. The van der Waals surface area contributed by atoms with Crippen LogP contribution < -0.4 is 5.32 Å². The normalized spacial score (nSPS) is 10.3. The van der Waals surface area contributed by atoms with E-state index in [4.69, 9.17) is 11.6 Å². The zero-order chi connectivity index (χ0) is 14.7. The molecule has 0 fully saturated rings. The van der Waals surface area contributed by atoms with Crippen LogP contribution in [0.15, 0.2) is 48.5 Å². The monoisotopic (exact) mass is 299 g/mol. The van der Waals surface area contributed by atoms with Crippen molar-refractivity contribution in [3.05, 3.63) is 59.1 Å². The lowest BCUT2D eigenvalue weighted by Crippen LogP contribution is -2.12. The van der Waals surface area contributed by atoms with E-state index in [2.05, 4.69) is 25.9 Å². The van der Waals surface area contributed by atoms with Crippen molar-refractivity contribution < 1.29 is 4.79 Å². The van der Waals surface area contributed by atoms with E-state index >= 15 is 0 Å². The highest BCUT2D eigenvalue weighted by Gasteiger charge is 2.10. The average Bonchev–Trinajstić information content (AvgIpc) is 3.02. The third-order valence-corrected chi connectivity index (χ3v) is 3.17. The molecule has 0 saturated heterocycles. The highest BCUT2D eigenvalue weighted by atomic mass is 35.5. The second-order valence-electron chi connectivity index (χ2n) is 4.25. The minimum Gasteiger partial charge on any atom is -0.322 e. The van der Waals surface area contributed by atoms with Gasteiger partial charge in [0.25, 0.3) is 5.91 Å². The van der Waals surface area contributed by atoms with Gasteiger partial charge < -0.3 is 5.32 Å². The fraction of sp³-hybridized carbons (Fsp3) is 0. The van der Waals surface area contributed by atoms with Gasteiger partial charge in [-0.05, 0) is 29.5 Å². The molecule has 7 heteroatoms. The molecule has 2 aromatic carbocycles. The molecular weight excluding hydrogens is 290 g/mol. The van der Waals surface area contributed by atoms with Gasteiger partial charge in [-0.15, -0.1) is 10.2 Å². The first-order chi connectivity index (χ1) is 10.2. The lowest BCUT2D eigenvalue weighted by molar-refractivity contribution is 0.102. The van der Waals surface area contributed by atoms with Crippen molar-refractivity contribution in [3.63, 3.8) is 0 Å². The molecule has 0 aliphatic carbocycles. The summed E-state index contributed by atoms with van der Waals surface area (Å²) >= 11 is 6.00. The van der Waals surface area contributed by atoms with E-state index in [1.54, 1.807) is 42.5 Å². The van der Waals surface area contributed by atoms with Crippen molar-refractivity contribution in [2.75, 3.05) is 5.32 Å². The Labute approximate surface area is 125 Å². The number of H-pyrrole nitrogens is 1. The highest BCUT2D eigenvalue weighted by Crippen LogP contribution is 2.20. The summed E-state index contributed by atoms with van der Waals surface area (Å²) in [6, 6.07) is 14.0. The highest BCUT2D eigenvalue weighted by molar-refractivity contribution is 6.34. The molecule has 6 nitrogen and oxygen atoms in total. The number of amides is 1. The number of benzene rings is 2. The Morgan fingerprint density at radius 1 is 1.14 bits per heavy atom. The van der Waals surface area contributed by atoms with E-state index in [0.717, 1.165) is 5.56 Å². The van der Waals surface area contributed by atoms with Crippen LogP contribution in [0.4, 0.5) is 5.69 Å². The van der Waals surface area contributed by atoms with Crippen molar-refractivity contribution in [1.29, 1.82) is 0 Å². The molecule has 0 saturated carbocycles. The second kappa shape index (κ2) is 5.72. The van der Waals surface area contributed by atoms with E-state index in [1.165, 1.54) is 0 Å². The Balaban J connectivity index is 1.84. The Morgan fingerprint density at radius 3 is 2.76 bits per heavy atom. The first-order valence-electron chi connectivity index (χ1n) is 6.14. The Kier molecular flexibility index (Phi) is 3.61. The molecule has 1 heterocycles. The van der Waals surface area contributed by atoms with Gasteiger partial charge in [0, 0.05) is 11.3 Å². The summed E-state index contributed by atoms with van der Waals surface area (Å²) in [5, 5.41) is 16.9. The van der Waals surface area contributed by atoms with E-state index in [-0.39, 0.29) is 5.91 Å². The molecule has 1 amide bonds. The van der Waals surface area contributed by atoms with Crippen molar-refractivity contribution >= 4 is 23.2 Å². The van der Waals surface area contributed by atoms with E-state index in [9.17, 15) is 4.79 Å².